The molecule has 0 amide bonds. The van der Waals surface area contributed by atoms with Crippen LogP contribution in [0.4, 0.5) is 13.2 Å². The average molecular weight is 579 g/mol. The maximum absolute atomic E-state index is 13.0. The van der Waals surface area contributed by atoms with Crippen molar-refractivity contribution in [2.24, 2.45) is 0 Å². The number of aryl methyl sites for hydroxylation is 1. The summed E-state index contributed by atoms with van der Waals surface area (Å²) < 4.78 is 53.5. The Hall–Kier alpha value is -3.03. The Kier molecular flexibility index (Phi) is 8.21. The van der Waals surface area contributed by atoms with Crippen LogP contribution in [0.5, 0.6) is 11.5 Å². The van der Waals surface area contributed by atoms with E-state index in [1.807, 2.05) is 18.3 Å². The van der Waals surface area contributed by atoms with Crippen LogP contribution in [0.1, 0.15) is 25.3 Å². The van der Waals surface area contributed by atoms with Gasteiger partial charge in [-0.2, -0.15) is 0 Å². The van der Waals surface area contributed by atoms with Gasteiger partial charge >= 0.3 is 217 Å². The fourth-order valence-electron chi connectivity index (χ4n) is 3.51. The first kappa shape index (κ1) is 26.0. The van der Waals surface area contributed by atoms with Crippen LogP contribution >= 0.6 is 11.6 Å². The van der Waals surface area contributed by atoms with E-state index in [2.05, 4.69) is 14.5 Å². The van der Waals surface area contributed by atoms with E-state index < -0.39 is 27.5 Å². The molecule has 11 heteroatoms. The van der Waals surface area contributed by atoms with Gasteiger partial charge in [0.15, 0.2) is 0 Å². The number of alkyl halides is 3. The molecule has 0 atom stereocenters. The van der Waals surface area contributed by atoms with Crippen molar-refractivity contribution in [3.05, 3.63) is 71.6 Å². The third kappa shape index (κ3) is 6.59. The Morgan fingerprint density at radius 1 is 1.11 bits per heavy atom. The Labute approximate surface area is 217 Å². The summed E-state index contributed by atoms with van der Waals surface area (Å²) in [5.74, 6) is 0.0350. The van der Waals surface area contributed by atoms with Gasteiger partial charge in [-0.25, -0.2) is 0 Å². The van der Waals surface area contributed by atoms with Gasteiger partial charge < -0.3 is 0 Å². The molecule has 0 unspecified atom stereocenters. The van der Waals surface area contributed by atoms with E-state index in [0.717, 1.165) is 51.4 Å². The van der Waals surface area contributed by atoms with Gasteiger partial charge in [0.05, 0.1) is 0 Å². The van der Waals surface area contributed by atoms with Crippen LogP contribution in [-0.2, 0) is 22.3 Å². The molecule has 0 fully saturated rings. The molecule has 0 spiro atoms. The number of unbranched alkanes of at least 4 members (excludes halogenated alkanes) is 1. The number of fused-ring (bicyclic) bond motifs is 1. The molecule has 6 nitrogen and oxygen atoms in total. The van der Waals surface area contributed by atoms with Crippen LogP contribution in [-0.4, -0.2) is 42.9 Å². The van der Waals surface area contributed by atoms with E-state index in [4.69, 9.17) is 21.1 Å². The van der Waals surface area contributed by atoms with E-state index in [9.17, 15) is 18.0 Å². The Morgan fingerprint density at radius 3 is 2.69 bits per heavy atom. The van der Waals surface area contributed by atoms with Crippen LogP contribution in [0.15, 0.2) is 61.1 Å². The first-order chi connectivity index (χ1) is 17.2. The molecule has 0 aliphatic heterocycles. The molecule has 0 aliphatic rings. The van der Waals surface area contributed by atoms with Crippen LogP contribution in [0.3, 0.4) is 0 Å². The molecule has 2 aromatic heterocycles. The zero-order chi connectivity index (χ0) is 25.7. The molecule has 1 radical (unpaired) electrons. The van der Waals surface area contributed by atoms with E-state index >= 15 is 0 Å². The summed E-state index contributed by atoms with van der Waals surface area (Å²) in [4.78, 5) is 19.8. The van der Waals surface area contributed by atoms with Crippen molar-refractivity contribution < 1.29 is 27.4 Å². The zero-order valence-electron chi connectivity index (χ0n) is 19.1. The normalized spacial score (nSPS) is 11.9. The van der Waals surface area contributed by atoms with Crippen LogP contribution in [0, 0.1) is 0 Å². The minimum absolute atomic E-state index is 0.0526. The molecule has 2 heterocycles. The van der Waals surface area contributed by atoms with Gasteiger partial charge in [-0.1, -0.05) is 0 Å². The van der Waals surface area contributed by atoms with Gasteiger partial charge in [-0.3, -0.25) is 0 Å². The van der Waals surface area contributed by atoms with Crippen molar-refractivity contribution in [1.82, 2.24) is 14.5 Å². The van der Waals surface area contributed by atoms with E-state index in [1.54, 1.807) is 12.1 Å². The molecule has 187 valence electrons. The number of hydrogen-bond donors (Lipinski definition) is 0. The molecule has 36 heavy (non-hydrogen) atoms. The molecule has 0 bridgehead atoms. The second kappa shape index (κ2) is 11.4. The topological polar surface area (TPSA) is 66.2 Å². The van der Waals surface area contributed by atoms with Crippen LogP contribution < -0.4 is 13.6 Å². The minimum atomic E-state index is -4.46. The zero-order valence-corrected chi connectivity index (χ0v) is 21.8. The standard InChI is InChI=1S/C25H21AsClF3N3O3/c1-16(34)35-12-3-2-10-33-11-9-21-23(33)24(32-15-31-21)26-18-7-8-22(20(27)14-18)36-19-6-4-5-17(13-19)25(28,29)30/h4-9,11,13-15H,2-3,10,12H2,1H3. The predicted molar refractivity (Wildman–Crippen MR) is 131 cm³/mol. The van der Waals surface area contributed by atoms with E-state index in [-0.39, 0.29) is 17.5 Å². The fraction of sp³-hybridized carbons (Fsp3) is 0.240. The molecule has 0 saturated heterocycles. The van der Waals surface area contributed by atoms with Crippen molar-refractivity contribution in [3.8, 4) is 11.5 Å². The molecular formula is C25H21AsClF3N3O3. The van der Waals surface area contributed by atoms with E-state index in [0.29, 0.717) is 11.6 Å². The Morgan fingerprint density at radius 2 is 1.94 bits per heavy atom. The first-order valence-electron chi connectivity index (χ1n) is 11.0. The van der Waals surface area contributed by atoms with Gasteiger partial charge in [-0.15, -0.1) is 0 Å². The monoisotopic (exact) mass is 578 g/mol. The number of carbonyl (C=O) groups excluding carboxylic acids is 1. The number of hydrogen-bond acceptors (Lipinski definition) is 5. The van der Waals surface area contributed by atoms with Crippen molar-refractivity contribution in [1.29, 1.82) is 0 Å². The van der Waals surface area contributed by atoms with E-state index in [1.165, 1.54) is 25.4 Å². The number of ether oxygens (including phenoxy) is 2. The van der Waals surface area contributed by atoms with Crippen LogP contribution in [0.25, 0.3) is 11.0 Å². The number of rotatable bonds is 9. The van der Waals surface area contributed by atoms with Crippen molar-refractivity contribution in [2.45, 2.75) is 32.5 Å². The van der Waals surface area contributed by atoms with Crippen molar-refractivity contribution >= 4 is 53.2 Å². The summed E-state index contributed by atoms with van der Waals surface area (Å²) in [5, 5.41) is 0.298. The number of halogens is 4. The average Bonchev–Trinajstić information content (AvgIpc) is 3.24. The van der Waals surface area contributed by atoms with Crippen molar-refractivity contribution in [2.75, 3.05) is 6.61 Å². The summed E-state index contributed by atoms with van der Waals surface area (Å²) in [7, 11) is 0. The molecular weight excluding hydrogens is 558 g/mol. The second-order valence-electron chi connectivity index (χ2n) is 7.84. The third-order valence-electron chi connectivity index (χ3n) is 5.17. The molecule has 4 rings (SSSR count). The third-order valence-corrected chi connectivity index (χ3v) is 7.72. The fourth-order valence-corrected chi connectivity index (χ4v) is 6.09. The maximum atomic E-state index is 13.0. The van der Waals surface area contributed by atoms with Gasteiger partial charge in [0.1, 0.15) is 0 Å². The number of nitrogens with zero attached hydrogens (tertiary/aromatic N) is 3. The molecule has 0 aliphatic carbocycles. The number of aromatic nitrogens is 3. The SMILES string of the molecule is CC(=O)OCCCCn1ccc2ncnc([As]c3ccc(Oc4cccc(C(F)(F)F)c4)c(Cl)c3)c21. The molecule has 0 N–H and O–H groups in total. The number of benzene rings is 2. The quantitative estimate of drug-likeness (QED) is 0.161. The predicted octanol–water partition coefficient (Wildman–Crippen LogP) is 4.89. The first-order valence-corrected chi connectivity index (χ1v) is 13.3. The molecule has 2 aromatic carbocycles. The van der Waals surface area contributed by atoms with Gasteiger partial charge in [0.2, 0.25) is 0 Å². The van der Waals surface area contributed by atoms with Gasteiger partial charge in [0, 0.05) is 0 Å². The summed E-state index contributed by atoms with van der Waals surface area (Å²) in [5.41, 5.74) is 0.996. The molecule has 4 aromatic rings. The summed E-state index contributed by atoms with van der Waals surface area (Å²) in [6, 6.07) is 11.8. The van der Waals surface area contributed by atoms with Crippen molar-refractivity contribution in [3.63, 3.8) is 0 Å². The second-order valence-corrected chi connectivity index (χ2v) is 10.7. The Bertz CT molecular complexity index is 1380. The number of esters is 1. The van der Waals surface area contributed by atoms with Crippen LogP contribution in [0.2, 0.25) is 5.02 Å². The van der Waals surface area contributed by atoms with Gasteiger partial charge in [-0.05, 0) is 0 Å². The summed E-state index contributed by atoms with van der Waals surface area (Å²) >= 11 is 5.86. The summed E-state index contributed by atoms with van der Waals surface area (Å²) in [6.45, 7) is 2.51. The van der Waals surface area contributed by atoms with Gasteiger partial charge in [0.25, 0.3) is 0 Å². The summed E-state index contributed by atoms with van der Waals surface area (Å²) in [6.07, 6.45) is 0.619. The Balaban J connectivity index is 1.48. The molecule has 0 saturated carbocycles. The number of carbonyl (C=O) groups is 1.